The Morgan fingerprint density at radius 1 is 1.59 bits per heavy atom. The van der Waals surface area contributed by atoms with Gasteiger partial charge in [-0.15, -0.1) is 0 Å². The van der Waals surface area contributed by atoms with Crippen molar-refractivity contribution in [3.63, 3.8) is 0 Å². The summed E-state index contributed by atoms with van der Waals surface area (Å²) >= 11 is 0. The zero-order valence-electron chi connectivity index (χ0n) is 9.42. The molecular formula is C12H13NO4. The highest BCUT2D eigenvalue weighted by Gasteiger charge is 2.20. The van der Waals surface area contributed by atoms with E-state index in [9.17, 15) is 9.59 Å². The van der Waals surface area contributed by atoms with E-state index < -0.39 is 5.97 Å². The number of ether oxygens (including phenoxy) is 1. The Bertz CT molecular complexity index is 458. The van der Waals surface area contributed by atoms with Crippen LogP contribution < -0.4 is 4.74 Å². The lowest BCUT2D eigenvalue weighted by molar-refractivity contribution is -0.119. The third kappa shape index (κ3) is 2.38. The van der Waals surface area contributed by atoms with Crippen molar-refractivity contribution in [2.75, 3.05) is 6.54 Å². The Kier molecular flexibility index (Phi) is 2.99. The van der Waals surface area contributed by atoms with Gasteiger partial charge >= 0.3 is 5.97 Å². The van der Waals surface area contributed by atoms with Gasteiger partial charge in [0.1, 0.15) is 11.9 Å². The van der Waals surface area contributed by atoms with Crippen LogP contribution in [0.3, 0.4) is 0 Å². The molecule has 2 rings (SSSR count). The van der Waals surface area contributed by atoms with Gasteiger partial charge in [-0.1, -0.05) is 6.07 Å². The smallest absolute Gasteiger partial charge is 0.335 e. The lowest BCUT2D eigenvalue weighted by Gasteiger charge is -2.16. The molecule has 0 spiro atoms. The van der Waals surface area contributed by atoms with Gasteiger partial charge < -0.3 is 14.7 Å². The molecule has 1 atom stereocenters. The van der Waals surface area contributed by atoms with Crippen LogP contribution in [-0.2, 0) is 11.3 Å². The van der Waals surface area contributed by atoms with Gasteiger partial charge in [-0.25, -0.2) is 4.79 Å². The molecule has 1 heterocycles. The topological polar surface area (TPSA) is 66.8 Å². The molecule has 1 unspecified atom stereocenters. The number of benzene rings is 1. The monoisotopic (exact) mass is 235 g/mol. The van der Waals surface area contributed by atoms with Crippen molar-refractivity contribution in [1.29, 1.82) is 0 Å². The van der Waals surface area contributed by atoms with Crippen LogP contribution in [-0.4, -0.2) is 35.0 Å². The van der Waals surface area contributed by atoms with Gasteiger partial charge in [0.15, 0.2) is 0 Å². The minimum absolute atomic E-state index is 0.148. The van der Waals surface area contributed by atoms with Gasteiger partial charge in [0.2, 0.25) is 6.41 Å². The lowest BCUT2D eigenvalue weighted by atomic mass is 10.1. The van der Waals surface area contributed by atoms with Gasteiger partial charge in [-0.2, -0.15) is 0 Å². The van der Waals surface area contributed by atoms with Crippen molar-refractivity contribution < 1.29 is 19.4 Å². The number of fused-ring (bicyclic) bond motifs is 1. The Labute approximate surface area is 98.6 Å². The van der Waals surface area contributed by atoms with Crippen LogP contribution in [0, 0.1) is 0 Å². The van der Waals surface area contributed by atoms with Gasteiger partial charge in [-0.05, 0) is 19.1 Å². The molecule has 1 N–H and O–H groups in total. The van der Waals surface area contributed by atoms with Gasteiger partial charge in [-0.3, -0.25) is 4.79 Å². The predicted molar refractivity (Wildman–Crippen MR) is 60.0 cm³/mol. The molecule has 0 aromatic heterocycles. The van der Waals surface area contributed by atoms with Crippen LogP contribution in [0.4, 0.5) is 0 Å². The maximum Gasteiger partial charge on any atom is 0.335 e. The van der Waals surface area contributed by atoms with E-state index in [1.807, 2.05) is 6.92 Å². The summed E-state index contributed by atoms with van der Waals surface area (Å²) in [6.45, 7) is 2.79. The molecule has 0 aliphatic carbocycles. The fourth-order valence-electron chi connectivity index (χ4n) is 1.88. The van der Waals surface area contributed by atoms with Crippen LogP contribution in [0.15, 0.2) is 18.2 Å². The first-order chi connectivity index (χ1) is 8.10. The van der Waals surface area contributed by atoms with Gasteiger partial charge in [0, 0.05) is 12.1 Å². The fraction of sp³-hybridized carbons (Fsp3) is 0.333. The minimum Gasteiger partial charge on any atom is -0.488 e. The quantitative estimate of drug-likeness (QED) is 0.780. The number of hydrogen-bond acceptors (Lipinski definition) is 3. The van der Waals surface area contributed by atoms with Crippen molar-refractivity contribution >= 4 is 12.4 Å². The summed E-state index contributed by atoms with van der Waals surface area (Å²) in [4.78, 5) is 23.3. The Morgan fingerprint density at radius 3 is 3.00 bits per heavy atom. The molecule has 1 amide bonds. The van der Waals surface area contributed by atoms with Crippen molar-refractivity contribution in [2.45, 2.75) is 19.6 Å². The highest BCUT2D eigenvalue weighted by atomic mass is 16.5. The Hall–Kier alpha value is -2.04. The minimum atomic E-state index is -0.986. The van der Waals surface area contributed by atoms with E-state index in [0.29, 0.717) is 18.8 Å². The number of aromatic carboxylic acids is 1. The summed E-state index contributed by atoms with van der Waals surface area (Å²) in [5, 5.41) is 8.90. The van der Waals surface area contributed by atoms with Gasteiger partial charge in [0.05, 0.1) is 12.1 Å². The van der Waals surface area contributed by atoms with Crippen molar-refractivity contribution in [3.8, 4) is 5.75 Å². The zero-order valence-corrected chi connectivity index (χ0v) is 9.42. The maximum absolute atomic E-state index is 10.9. The molecular weight excluding hydrogens is 222 g/mol. The molecule has 1 aliphatic heterocycles. The summed E-state index contributed by atoms with van der Waals surface area (Å²) in [7, 11) is 0. The molecule has 17 heavy (non-hydrogen) atoms. The van der Waals surface area contributed by atoms with E-state index in [1.54, 1.807) is 11.0 Å². The number of amides is 1. The fourth-order valence-corrected chi connectivity index (χ4v) is 1.88. The lowest BCUT2D eigenvalue weighted by Crippen LogP contribution is -2.29. The molecule has 0 radical (unpaired) electrons. The van der Waals surface area contributed by atoms with Crippen LogP contribution in [0.2, 0.25) is 0 Å². The molecule has 0 bridgehead atoms. The highest BCUT2D eigenvalue weighted by Crippen LogP contribution is 2.26. The van der Waals surface area contributed by atoms with E-state index in [-0.39, 0.29) is 11.7 Å². The number of rotatable bonds is 2. The van der Waals surface area contributed by atoms with Crippen LogP contribution >= 0.6 is 0 Å². The summed E-state index contributed by atoms with van der Waals surface area (Å²) in [6.07, 6.45) is 0.630. The van der Waals surface area contributed by atoms with Crippen molar-refractivity contribution in [1.82, 2.24) is 4.90 Å². The number of carboxylic acids is 1. The Balaban J connectivity index is 2.38. The van der Waals surface area contributed by atoms with E-state index in [0.717, 1.165) is 12.0 Å². The molecule has 5 nitrogen and oxygen atoms in total. The third-order valence-corrected chi connectivity index (χ3v) is 2.66. The van der Waals surface area contributed by atoms with Crippen molar-refractivity contribution in [3.05, 3.63) is 29.3 Å². The highest BCUT2D eigenvalue weighted by molar-refractivity contribution is 5.88. The number of carboxylic acid groups (broad SMARTS) is 1. The first-order valence-corrected chi connectivity index (χ1v) is 5.32. The van der Waals surface area contributed by atoms with Crippen molar-refractivity contribution in [2.24, 2.45) is 0 Å². The summed E-state index contributed by atoms with van der Waals surface area (Å²) in [6, 6.07) is 4.71. The molecule has 0 saturated heterocycles. The average Bonchev–Trinajstić information content (AvgIpc) is 2.45. The SMILES string of the molecule is CC1CN(C=O)Cc2ccc(C(=O)O)cc2O1. The number of nitrogens with zero attached hydrogens (tertiary/aromatic N) is 1. The summed E-state index contributed by atoms with van der Waals surface area (Å²) in [5.74, 6) is -0.442. The summed E-state index contributed by atoms with van der Waals surface area (Å²) in [5.41, 5.74) is 1.02. The zero-order chi connectivity index (χ0) is 12.4. The number of carbonyl (C=O) groups is 2. The molecule has 1 aromatic rings. The van der Waals surface area contributed by atoms with E-state index in [2.05, 4.69) is 0 Å². The number of carbonyl (C=O) groups excluding carboxylic acids is 1. The number of hydrogen-bond donors (Lipinski definition) is 1. The molecule has 1 aromatic carbocycles. The first kappa shape index (κ1) is 11.4. The van der Waals surface area contributed by atoms with Gasteiger partial charge in [0.25, 0.3) is 0 Å². The standard InChI is InChI=1S/C12H13NO4/c1-8-5-13(7-14)6-10-3-2-9(12(15)16)4-11(10)17-8/h2-4,7-8H,5-6H2,1H3,(H,15,16). The summed E-state index contributed by atoms with van der Waals surface area (Å²) < 4.78 is 5.62. The first-order valence-electron chi connectivity index (χ1n) is 5.32. The van der Waals surface area contributed by atoms with Crippen LogP contribution in [0.25, 0.3) is 0 Å². The second-order valence-electron chi connectivity index (χ2n) is 4.09. The molecule has 5 heteroatoms. The second kappa shape index (κ2) is 4.45. The van der Waals surface area contributed by atoms with E-state index in [1.165, 1.54) is 12.1 Å². The molecule has 90 valence electrons. The normalized spacial score (nSPS) is 18.9. The average molecular weight is 235 g/mol. The predicted octanol–water partition coefficient (Wildman–Crippen LogP) is 1.12. The third-order valence-electron chi connectivity index (χ3n) is 2.66. The maximum atomic E-state index is 10.9. The van der Waals surface area contributed by atoms with E-state index in [4.69, 9.17) is 9.84 Å². The largest absolute Gasteiger partial charge is 0.488 e. The molecule has 0 saturated carbocycles. The van der Waals surface area contributed by atoms with Crippen LogP contribution in [0.1, 0.15) is 22.8 Å². The molecule has 1 aliphatic rings. The van der Waals surface area contributed by atoms with Crippen LogP contribution in [0.5, 0.6) is 5.75 Å². The molecule has 0 fully saturated rings. The second-order valence-corrected chi connectivity index (χ2v) is 4.09. The Morgan fingerprint density at radius 2 is 2.35 bits per heavy atom. The van der Waals surface area contributed by atoms with E-state index >= 15 is 0 Å².